The molecule has 8 saturated heterocycles. The Morgan fingerprint density at radius 2 is 0.991 bits per heavy atom. The van der Waals surface area contributed by atoms with Crippen LogP contribution in [0.3, 0.4) is 0 Å². The van der Waals surface area contributed by atoms with Crippen LogP contribution in [0.4, 0.5) is 0 Å². The van der Waals surface area contributed by atoms with Crippen molar-refractivity contribution in [3.63, 3.8) is 0 Å². The maximum absolute atomic E-state index is 12.2. The number of carbonyl (C=O) groups is 5. The maximum atomic E-state index is 12.2. The summed E-state index contributed by atoms with van der Waals surface area (Å²) in [6.07, 6.45) is -4.96. The van der Waals surface area contributed by atoms with Crippen molar-refractivity contribution in [2.24, 2.45) is 11.7 Å². The van der Waals surface area contributed by atoms with E-state index in [0.29, 0.717) is 34.2 Å². The van der Waals surface area contributed by atoms with Gasteiger partial charge in [-0.15, -0.1) is 12.8 Å². The first-order valence-corrected chi connectivity index (χ1v) is 35.9. The summed E-state index contributed by atoms with van der Waals surface area (Å²) in [7, 11) is 0. The number of aliphatic hydroxyl groups is 8. The zero-order valence-electron chi connectivity index (χ0n) is 62.8. The largest absolute Gasteiger partial charge is 1.00 e. The van der Waals surface area contributed by atoms with E-state index in [2.05, 4.69) is 73.9 Å². The molecule has 0 aliphatic carbocycles. The molecular formula is C73H96Br2N5NaO27. The van der Waals surface area contributed by atoms with Crippen molar-refractivity contribution in [1.29, 1.82) is 0 Å². The zero-order chi connectivity index (χ0) is 80.3. The smallest absolute Gasteiger partial charge is 0.455 e. The number of ether oxygens (including phenoxy) is 14. The molecule has 108 heavy (non-hydrogen) atoms. The van der Waals surface area contributed by atoms with Crippen LogP contribution in [0, 0.1) is 30.6 Å². The number of imide groups is 1. The molecule has 10 aliphatic heterocycles. The molecule has 2 amide bonds. The number of nitrogens with two attached hydrogens (primary N) is 1. The van der Waals surface area contributed by atoms with Gasteiger partial charge in [-0.3, -0.25) is 19.4 Å². The first kappa shape index (κ1) is 93.3. The Morgan fingerprint density at radius 1 is 0.583 bits per heavy atom. The summed E-state index contributed by atoms with van der Waals surface area (Å²) in [5.41, 5.74) is 20.4. The van der Waals surface area contributed by atoms with Gasteiger partial charge in [0.1, 0.15) is 85.5 Å². The van der Waals surface area contributed by atoms with E-state index < -0.39 is 128 Å². The summed E-state index contributed by atoms with van der Waals surface area (Å²) in [4.78, 5) is 60.9. The summed E-state index contributed by atoms with van der Waals surface area (Å²) in [5.74, 6) is 0.256. The third-order valence-electron chi connectivity index (χ3n) is 16.5. The Balaban J connectivity index is 0.000000227. The molecule has 32 nitrogen and oxygen atoms in total. The molecular weight excluding hydrogens is 1560 g/mol. The summed E-state index contributed by atoms with van der Waals surface area (Å²) < 4.78 is 78.9. The van der Waals surface area contributed by atoms with E-state index in [4.69, 9.17) is 107 Å². The molecule has 0 radical (unpaired) electrons. The Bertz CT molecular complexity index is 3840. The van der Waals surface area contributed by atoms with Crippen molar-refractivity contribution in [2.75, 3.05) is 26.3 Å². The van der Waals surface area contributed by atoms with Crippen molar-refractivity contribution >= 4 is 83.1 Å². The number of nitrogens with zero attached hydrogens (tertiary/aromatic N) is 4. The SMILES string of the molecule is C#CC1O[C@@H](OC(C)C)C(O)[C@@H](O)[C@@H]1O.C#CC1O[C@H]2OC(C)(C)OC2[C@H]2OC(C)(C)O[C@H]12.CC(C)C.CC1(C)OC2[C@@H](OC(CO)[C@H]3OC(C)(C)O[C@H]23)O1.CCN.CCN1C(=O)c2cccc3c(Br)ccc(c23)C1=O.O=C1OC(=O)c2ccc(Br)c3cccc1c23.O=C1O[C@H](C(O)CO)[C@H](O)C1O.[N-]=[N+]=[N-].[Na+]. The van der Waals surface area contributed by atoms with Crippen LogP contribution in [0.5, 0.6) is 0 Å². The fourth-order valence-electron chi connectivity index (χ4n) is 12.3. The number of hydrogen-bond acceptors (Lipinski definition) is 28. The molecule has 35 heteroatoms. The Morgan fingerprint density at radius 3 is 1.44 bits per heavy atom. The molecule has 4 aromatic carbocycles. The van der Waals surface area contributed by atoms with Gasteiger partial charge in [0.25, 0.3) is 11.8 Å². The van der Waals surface area contributed by atoms with Crippen LogP contribution in [0.2, 0.25) is 0 Å². The molecule has 0 aromatic heterocycles. The van der Waals surface area contributed by atoms with E-state index in [1.165, 1.54) is 9.81 Å². The van der Waals surface area contributed by atoms with Crippen molar-refractivity contribution in [1.82, 2.24) is 4.90 Å². The van der Waals surface area contributed by atoms with Gasteiger partial charge in [0.2, 0.25) is 0 Å². The van der Waals surface area contributed by atoms with Gasteiger partial charge in [0, 0.05) is 37.4 Å². The van der Waals surface area contributed by atoms with Crippen LogP contribution in [0.1, 0.15) is 145 Å². The molecule has 10 aliphatic rings. The number of aliphatic hydroxyl groups excluding tert-OH is 8. The maximum Gasteiger partial charge on any atom is 1.00 e. The van der Waals surface area contributed by atoms with E-state index in [-0.39, 0.29) is 90.7 Å². The van der Waals surface area contributed by atoms with Gasteiger partial charge in [-0.1, -0.05) is 95.7 Å². The first-order chi connectivity index (χ1) is 50.1. The van der Waals surface area contributed by atoms with Gasteiger partial charge < -0.3 is 124 Å². The van der Waals surface area contributed by atoms with Crippen molar-refractivity contribution in [2.45, 2.75) is 250 Å². The molecule has 10 N–H and O–H groups in total. The molecule has 8 unspecified atom stereocenters. The zero-order valence-corrected chi connectivity index (χ0v) is 68.0. The van der Waals surface area contributed by atoms with Crippen LogP contribution in [0.15, 0.2) is 69.6 Å². The second-order valence-electron chi connectivity index (χ2n) is 27.9. The third kappa shape index (κ3) is 22.5. The van der Waals surface area contributed by atoms with Gasteiger partial charge >= 0.3 is 47.5 Å². The van der Waals surface area contributed by atoms with E-state index in [1.807, 2.05) is 86.6 Å². The predicted molar refractivity (Wildman–Crippen MR) is 387 cm³/mol. The van der Waals surface area contributed by atoms with Crippen LogP contribution in [-0.4, -0.2) is 248 Å². The van der Waals surface area contributed by atoms with Crippen molar-refractivity contribution < 1.29 is 161 Å². The Kier molecular flexibility index (Phi) is 34.5. The van der Waals surface area contributed by atoms with Gasteiger partial charge in [0.05, 0.1) is 30.4 Å². The van der Waals surface area contributed by atoms with Crippen LogP contribution >= 0.6 is 31.9 Å². The number of halogens is 2. The number of amides is 2. The minimum absolute atomic E-state index is 0. The monoisotopic (exact) mass is 1660 g/mol. The predicted octanol–water partition coefficient (Wildman–Crippen LogP) is 2.86. The van der Waals surface area contributed by atoms with Gasteiger partial charge in [-0.2, -0.15) is 0 Å². The topological polar surface area (TPSA) is 464 Å². The summed E-state index contributed by atoms with van der Waals surface area (Å²) in [6.45, 7) is 28.9. The summed E-state index contributed by atoms with van der Waals surface area (Å²) >= 11 is 6.85. The van der Waals surface area contributed by atoms with E-state index in [1.54, 1.807) is 57.2 Å². The molecule has 14 rings (SSSR count). The van der Waals surface area contributed by atoms with E-state index >= 15 is 0 Å². The van der Waals surface area contributed by atoms with Crippen LogP contribution in [-0.2, 0) is 71.1 Å². The van der Waals surface area contributed by atoms with E-state index in [0.717, 1.165) is 37.6 Å². The minimum atomic E-state index is -1.63. The molecule has 4 aromatic rings. The normalized spacial score (nSPS) is 31.2. The summed E-state index contributed by atoms with van der Waals surface area (Å²) in [6, 6.07) is 17.9. The molecule has 0 saturated carbocycles. The van der Waals surface area contributed by atoms with Gasteiger partial charge in [-0.05, 0) is 136 Å². The minimum Gasteiger partial charge on any atom is -0.455 e. The average molecular weight is 1660 g/mol. The fraction of sp³-hybridized carbons (Fsp3) is 0.603. The fourth-order valence-corrected chi connectivity index (χ4v) is 13.2. The number of benzene rings is 4. The van der Waals surface area contributed by atoms with Crippen LogP contribution in [0.25, 0.3) is 37.5 Å². The number of hydrogen-bond donors (Lipinski definition) is 9. The van der Waals surface area contributed by atoms with Crippen molar-refractivity contribution in [3.05, 3.63) is 108 Å². The second kappa shape index (κ2) is 39.9. The summed E-state index contributed by atoms with van der Waals surface area (Å²) in [5, 5.41) is 76.4. The molecule has 0 spiro atoms. The van der Waals surface area contributed by atoms with Crippen LogP contribution < -0.4 is 35.3 Å². The number of esters is 3. The Labute approximate surface area is 664 Å². The number of rotatable bonds is 6. The molecule has 10 heterocycles. The van der Waals surface area contributed by atoms with Crippen molar-refractivity contribution in [3.8, 4) is 24.7 Å². The molecule has 0 bridgehead atoms. The molecule has 8 fully saturated rings. The van der Waals surface area contributed by atoms with E-state index in [9.17, 15) is 44.4 Å². The number of carbonyl (C=O) groups excluding carboxylic acids is 5. The molecule has 19 atom stereocenters. The standard InChI is InChI=1S/C14H10BrNO2.C13H18O5.C12H5BrO3.C12H20O6.C10H16O5.C6H10O6.C4H10.C2H7N.N3.Na/c1-2-16-13(17)9-5-3-4-8-11(15)7-6-10(12(8)9)14(16)18;1-6-7-8-9(16-12(2,3)15-8)10-11(14-7)18-13(4,5)17-10;13-9-5-4-8-10-6(9)2-1-3-7(10)11(14)16-12(8)15;1-11(2)15-7-6(5-13)14-10-9(8(7)16-11)17-12(3,4)18-10;1-4-6-7(11)8(12)9(13)10(15-6)14-5(2)3;7-1-2(8)5-3(9)4(10)6(11)12-5;1-4(2)3;1-2-3;1-3-2;/h3-7H,2H2,1H3;1,7-11H,2-5H3;1-5H;6-10,13H,5H2,1-4H3;1,5-13H,2-3H3;2-5,7-10H,1H2;4H,1-3H3;2-3H2,1H3;;/q;;;;;;;;-1;+1/t;7?,8-,9+,10?,11+;;6?,7-,8+,9?,10+;6?,7-,8+,9?,10-;2?,3-,4?,5-;;;;/m.1.111..../s1. The Hall–Kier alpha value is -5.30. The number of terminal acetylenes is 2. The average Bonchev–Trinajstić information content (AvgIpc) is 1.44. The third-order valence-corrected chi connectivity index (χ3v) is 17.9. The first-order valence-electron chi connectivity index (χ1n) is 34.3. The second-order valence-corrected chi connectivity index (χ2v) is 29.6. The number of cyclic esters (lactones) is 3. The number of fused-ring (bicyclic) bond motifs is 6. The van der Waals surface area contributed by atoms with Gasteiger partial charge in [-0.25, -0.2) is 14.4 Å². The van der Waals surface area contributed by atoms with Gasteiger partial charge in [0.15, 0.2) is 54.2 Å². The quantitative estimate of drug-likeness (QED) is 0.0196. The molecule has 590 valence electrons.